The Bertz CT molecular complexity index is 969. The van der Waals surface area contributed by atoms with Crippen molar-refractivity contribution in [2.24, 2.45) is 0 Å². The number of carbonyl (C=O) groups excluding carboxylic acids is 1. The molecule has 0 saturated carbocycles. The standard InChI is InChI=1S/C24H25N3O2.ClH/c28-24-25-22-11-5-4-10-21(22)23(18-7-2-1-3-8-18)27(24)19-12-14-26(15-13-19)17-20-9-6-16-29-20;/h1-11,16,19,23H,12-15,17H2,(H,25,28);1H. The third kappa shape index (κ3) is 3.95. The number of halogens is 1. The number of amides is 2. The lowest BCUT2D eigenvalue weighted by atomic mass is 9.90. The summed E-state index contributed by atoms with van der Waals surface area (Å²) in [7, 11) is 0. The summed E-state index contributed by atoms with van der Waals surface area (Å²) in [5, 5.41) is 3.11. The molecule has 2 aliphatic heterocycles. The van der Waals surface area contributed by atoms with Crippen molar-refractivity contribution in [3.05, 3.63) is 89.9 Å². The second kappa shape index (κ2) is 8.94. The zero-order chi connectivity index (χ0) is 19.6. The minimum absolute atomic E-state index is 0. The zero-order valence-corrected chi connectivity index (χ0v) is 17.6. The van der Waals surface area contributed by atoms with Crippen LogP contribution in [-0.4, -0.2) is 35.0 Å². The van der Waals surface area contributed by atoms with Crippen LogP contribution in [0.3, 0.4) is 0 Å². The number of urea groups is 1. The van der Waals surface area contributed by atoms with Gasteiger partial charge in [-0.05, 0) is 36.6 Å². The summed E-state index contributed by atoms with van der Waals surface area (Å²) in [6.07, 6.45) is 3.64. The van der Waals surface area contributed by atoms with E-state index < -0.39 is 0 Å². The summed E-state index contributed by atoms with van der Waals surface area (Å²) in [6, 6.07) is 22.6. The van der Waals surface area contributed by atoms with Crippen molar-refractivity contribution < 1.29 is 9.21 Å². The Hall–Kier alpha value is -2.76. The maximum absolute atomic E-state index is 13.2. The minimum atomic E-state index is -0.0530. The Labute approximate surface area is 183 Å². The highest BCUT2D eigenvalue weighted by atomic mass is 35.5. The van der Waals surface area contributed by atoms with Gasteiger partial charge >= 0.3 is 6.03 Å². The lowest BCUT2D eigenvalue weighted by Gasteiger charge is -2.45. The summed E-state index contributed by atoms with van der Waals surface area (Å²) in [4.78, 5) is 17.6. The SMILES string of the molecule is Cl.O=C1Nc2ccccc2C(c2ccccc2)N1C1CCN(Cc2ccco2)CC1. The Morgan fingerprint density at radius 1 is 0.933 bits per heavy atom. The fourth-order valence-corrected chi connectivity index (χ4v) is 4.63. The molecule has 5 nitrogen and oxygen atoms in total. The number of carbonyl (C=O) groups is 1. The van der Waals surface area contributed by atoms with Crippen LogP contribution in [0.25, 0.3) is 0 Å². The fraction of sp³-hybridized carbons (Fsp3) is 0.292. The van der Waals surface area contributed by atoms with Crippen LogP contribution in [0.1, 0.15) is 35.8 Å². The highest BCUT2D eigenvalue weighted by molar-refractivity contribution is 5.93. The number of nitrogens with one attached hydrogen (secondary N) is 1. The number of anilines is 1. The molecule has 1 aromatic heterocycles. The molecular formula is C24H26ClN3O2. The monoisotopic (exact) mass is 423 g/mol. The molecule has 5 rings (SSSR count). The molecule has 2 amide bonds. The molecule has 1 atom stereocenters. The molecular weight excluding hydrogens is 398 g/mol. The lowest BCUT2D eigenvalue weighted by Crippen LogP contribution is -2.52. The Morgan fingerprint density at radius 2 is 1.67 bits per heavy atom. The average molecular weight is 424 g/mol. The van der Waals surface area contributed by atoms with E-state index in [0.717, 1.165) is 55.1 Å². The van der Waals surface area contributed by atoms with Crippen molar-refractivity contribution >= 4 is 24.1 Å². The van der Waals surface area contributed by atoms with Gasteiger partial charge < -0.3 is 14.6 Å². The summed E-state index contributed by atoms with van der Waals surface area (Å²) >= 11 is 0. The molecule has 2 aromatic carbocycles. The molecule has 30 heavy (non-hydrogen) atoms. The molecule has 156 valence electrons. The first-order chi connectivity index (χ1) is 14.3. The average Bonchev–Trinajstić information content (AvgIpc) is 3.27. The first kappa shape index (κ1) is 20.5. The van der Waals surface area contributed by atoms with E-state index in [4.69, 9.17) is 4.42 Å². The van der Waals surface area contributed by atoms with Gasteiger partial charge in [-0.15, -0.1) is 12.4 Å². The summed E-state index contributed by atoms with van der Waals surface area (Å²) < 4.78 is 5.49. The molecule has 0 spiro atoms. The minimum Gasteiger partial charge on any atom is -0.468 e. The number of rotatable bonds is 4. The maximum atomic E-state index is 13.2. The van der Waals surface area contributed by atoms with Crippen molar-refractivity contribution in [3.8, 4) is 0 Å². The highest BCUT2D eigenvalue weighted by Gasteiger charge is 2.39. The summed E-state index contributed by atoms with van der Waals surface area (Å²) in [5.41, 5.74) is 3.24. The largest absolute Gasteiger partial charge is 0.468 e. The number of piperidine rings is 1. The predicted octanol–water partition coefficient (Wildman–Crippen LogP) is 5.30. The topological polar surface area (TPSA) is 48.7 Å². The van der Waals surface area contributed by atoms with Crippen molar-refractivity contribution in [1.82, 2.24) is 9.80 Å². The van der Waals surface area contributed by atoms with E-state index in [9.17, 15) is 4.79 Å². The van der Waals surface area contributed by atoms with Crippen LogP contribution in [0, 0.1) is 0 Å². The summed E-state index contributed by atoms with van der Waals surface area (Å²) in [5.74, 6) is 0.996. The number of hydrogen-bond donors (Lipinski definition) is 1. The van der Waals surface area contributed by atoms with Gasteiger partial charge in [0.15, 0.2) is 0 Å². The molecule has 2 aliphatic rings. The highest BCUT2D eigenvalue weighted by Crippen LogP contribution is 2.40. The smallest absolute Gasteiger partial charge is 0.322 e. The van der Waals surface area contributed by atoms with Crippen molar-refractivity contribution in [2.75, 3.05) is 18.4 Å². The molecule has 1 saturated heterocycles. The van der Waals surface area contributed by atoms with Crippen molar-refractivity contribution in [1.29, 1.82) is 0 Å². The van der Waals surface area contributed by atoms with Crippen LogP contribution in [0.2, 0.25) is 0 Å². The number of nitrogens with zero attached hydrogens (tertiary/aromatic N) is 2. The molecule has 3 aromatic rings. The molecule has 0 radical (unpaired) electrons. The second-order valence-electron chi connectivity index (χ2n) is 7.82. The van der Waals surface area contributed by atoms with Gasteiger partial charge in [-0.25, -0.2) is 4.79 Å². The van der Waals surface area contributed by atoms with E-state index in [-0.39, 0.29) is 30.5 Å². The van der Waals surface area contributed by atoms with E-state index in [1.165, 1.54) is 0 Å². The number of para-hydroxylation sites is 1. The van der Waals surface area contributed by atoms with E-state index in [1.807, 2.05) is 30.3 Å². The number of furan rings is 1. The second-order valence-corrected chi connectivity index (χ2v) is 7.82. The molecule has 1 N–H and O–H groups in total. The van der Waals surface area contributed by atoms with Gasteiger partial charge in [-0.3, -0.25) is 4.90 Å². The van der Waals surface area contributed by atoms with E-state index >= 15 is 0 Å². The van der Waals surface area contributed by atoms with Crippen molar-refractivity contribution in [2.45, 2.75) is 31.5 Å². The summed E-state index contributed by atoms with van der Waals surface area (Å²) in [6.45, 7) is 2.74. The predicted molar refractivity (Wildman–Crippen MR) is 120 cm³/mol. The third-order valence-corrected chi connectivity index (χ3v) is 6.04. The van der Waals surface area contributed by atoms with Crippen LogP contribution in [0.4, 0.5) is 10.5 Å². The first-order valence-electron chi connectivity index (χ1n) is 10.3. The number of likely N-dealkylation sites (tertiary alicyclic amines) is 1. The number of hydrogen-bond acceptors (Lipinski definition) is 3. The number of benzene rings is 2. The van der Waals surface area contributed by atoms with Gasteiger partial charge in [0.1, 0.15) is 5.76 Å². The maximum Gasteiger partial charge on any atom is 0.322 e. The molecule has 0 aliphatic carbocycles. The Morgan fingerprint density at radius 3 is 2.40 bits per heavy atom. The van der Waals surface area contributed by atoms with Crippen molar-refractivity contribution in [3.63, 3.8) is 0 Å². The van der Waals surface area contributed by atoms with E-state index in [2.05, 4.69) is 51.5 Å². The molecule has 0 bridgehead atoms. The van der Waals surface area contributed by atoms with Gasteiger partial charge in [0, 0.05) is 30.4 Å². The molecule has 1 fully saturated rings. The van der Waals surface area contributed by atoms with Gasteiger partial charge in [0.2, 0.25) is 0 Å². The van der Waals surface area contributed by atoms with Crippen LogP contribution in [0.5, 0.6) is 0 Å². The molecule has 6 heteroatoms. The van der Waals surface area contributed by atoms with Gasteiger partial charge in [-0.1, -0.05) is 48.5 Å². The Kier molecular flexibility index (Phi) is 6.11. The molecule has 3 heterocycles. The van der Waals surface area contributed by atoms with Crippen LogP contribution in [-0.2, 0) is 6.54 Å². The van der Waals surface area contributed by atoms with E-state index in [1.54, 1.807) is 6.26 Å². The quantitative estimate of drug-likeness (QED) is 0.619. The van der Waals surface area contributed by atoms with Crippen LogP contribution < -0.4 is 5.32 Å². The van der Waals surface area contributed by atoms with Gasteiger partial charge in [0.25, 0.3) is 0 Å². The van der Waals surface area contributed by atoms with Crippen LogP contribution >= 0.6 is 12.4 Å². The third-order valence-electron chi connectivity index (χ3n) is 6.04. The number of fused-ring (bicyclic) bond motifs is 1. The molecule has 1 unspecified atom stereocenters. The first-order valence-corrected chi connectivity index (χ1v) is 10.3. The Balaban J connectivity index is 0.00000218. The van der Waals surface area contributed by atoms with E-state index in [0.29, 0.717) is 0 Å². The zero-order valence-electron chi connectivity index (χ0n) is 16.7. The van der Waals surface area contributed by atoms with Crippen LogP contribution in [0.15, 0.2) is 77.4 Å². The fourth-order valence-electron chi connectivity index (χ4n) is 4.63. The van der Waals surface area contributed by atoms with Gasteiger partial charge in [-0.2, -0.15) is 0 Å². The normalized spacial score (nSPS) is 19.7. The lowest BCUT2D eigenvalue weighted by molar-refractivity contribution is 0.102. The van der Waals surface area contributed by atoms with Gasteiger partial charge in [0.05, 0.1) is 18.8 Å².